The molecule has 12 heavy (non-hydrogen) atoms. The SMILES string of the molecule is O=[S-](=O)Oc1ccccc1F.[K+]. The molecule has 0 fully saturated rings. The van der Waals surface area contributed by atoms with E-state index < -0.39 is 16.8 Å². The van der Waals surface area contributed by atoms with Crippen molar-refractivity contribution in [1.29, 1.82) is 0 Å². The Morgan fingerprint density at radius 2 is 1.83 bits per heavy atom. The number of benzene rings is 1. The normalized spacial score (nSPS) is 9.17. The van der Waals surface area contributed by atoms with Gasteiger partial charge in [0, 0.05) is 0 Å². The zero-order chi connectivity index (χ0) is 8.27. The standard InChI is InChI=1S/C6H4FO3S.K/c7-5-3-1-2-4-6(5)10-11(8)9;/h1-4H;/q-1;+1. The molecule has 0 amide bonds. The Bertz CT molecular complexity index is 318. The predicted octanol–water partition coefficient (Wildman–Crippen LogP) is -1.57. The number of hydrogen-bond acceptors (Lipinski definition) is 4. The maximum atomic E-state index is 12.6. The average Bonchev–Trinajstić information content (AvgIpc) is 1.93. The van der Waals surface area contributed by atoms with Gasteiger partial charge in [-0.05, 0) is 12.1 Å². The fourth-order valence-corrected chi connectivity index (χ4v) is 0.867. The first-order valence-electron chi connectivity index (χ1n) is 2.72. The van der Waals surface area contributed by atoms with Gasteiger partial charge in [-0.15, -0.1) is 0 Å². The van der Waals surface area contributed by atoms with E-state index in [1.165, 1.54) is 18.2 Å². The summed E-state index contributed by atoms with van der Waals surface area (Å²) in [5.41, 5.74) is 0. The van der Waals surface area contributed by atoms with Gasteiger partial charge >= 0.3 is 51.4 Å². The van der Waals surface area contributed by atoms with E-state index in [0.717, 1.165) is 6.07 Å². The second-order valence-electron chi connectivity index (χ2n) is 1.72. The summed E-state index contributed by atoms with van der Waals surface area (Å²) in [7, 11) is -2.72. The van der Waals surface area contributed by atoms with Gasteiger partial charge in [-0.3, -0.25) is 0 Å². The number of rotatable bonds is 2. The topological polar surface area (TPSA) is 43.4 Å². The van der Waals surface area contributed by atoms with Crippen LogP contribution in [0.5, 0.6) is 5.75 Å². The summed E-state index contributed by atoms with van der Waals surface area (Å²) in [4.78, 5) is 0. The van der Waals surface area contributed by atoms with Crippen LogP contribution in [0, 0.1) is 5.82 Å². The molecule has 1 aromatic rings. The second-order valence-corrected chi connectivity index (χ2v) is 2.29. The summed E-state index contributed by atoms with van der Waals surface area (Å²) in [6.07, 6.45) is 0. The number of halogens is 1. The molecule has 0 aromatic heterocycles. The molecule has 0 saturated carbocycles. The number of hydrogen-bond donors (Lipinski definition) is 0. The van der Waals surface area contributed by atoms with Gasteiger partial charge in [-0.2, -0.15) is 0 Å². The first-order valence-corrected chi connectivity index (χ1v) is 3.72. The van der Waals surface area contributed by atoms with Crippen molar-refractivity contribution in [3.63, 3.8) is 0 Å². The Labute approximate surface area is 113 Å². The maximum Gasteiger partial charge on any atom is 1.00 e. The summed E-state index contributed by atoms with van der Waals surface area (Å²) in [6.45, 7) is 0. The van der Waals surface area contributed by atoms with E-state index in [2.05, 4.69) is 4.18 Å². The van der Waals surface area contributed by atoms with Crippen molar-refractivity contribution in [2.75, 3.05) is 0 Å². The van der Waals surface area contributed by atoms with Gasteiger partial charge in [-0.1, -0.05) is 12.1 Å². The van der Waals surface area contributed by atoms with Crippen LogP contribution in [0.3, 0.4) is 0 Å². The van der Waals surface area contributed by atoms with Crippen LogP contribution in [-0.2, 0) is 19.4 Å². The van der Waals surface area contributed by atoms with Crippen LogP contribution in [0.4, 0.5) is 4.39 Å². The Balaban J connectivity index is 0.00000121. The van der Waals surface area contributed by atoms with Gasteiger partial charge in [-0.25, -0.2) is 4.39 Å². The summed E-state index contributed by atoms with van der Waals surface area (Å²) in [5, 5.41) is 0. The van der Waals surface area contributed by atoms with Gasteiger partial charge < -0.3 is 12.6 Å². The molecule has 0 atom stereocenters. The first kappa shape index (κ1) is 12.5. The van der Waals surface area contributed by atoms with E-state index in [1.807, 2.05) is 0 Å². The van der Waals surface area contributed by atoms with Gasteiger partial charge in [0.1, 0.15) is 16.7 Å². The van der Waals surface area contributed by atoms with Crippen LogP contribution >= 0.6 is 0 Å². The molecule has 6 heteroatoms. The molecule has 0 spiro atoms. The third-order valence-corrected chi connectivity index (χ3v) is 1.31. The quantitative estimate of drug-likeness (QED) is 0.441. The maximum absolute atomic E-state index is 12.6. The molecular formula is C6H4FKO3S. The third kappa shape index (κ3) is 3.97. The van der Waals surface area contributed by atoms with Crippen LogP contribution in [0.1, 0.15) is 0 Å². The van der Waals surface area contributed by atoms with Crippen molar-refractivity contribution in [1.82, 2.24) is 0 Å². The van der Waals surface area contributed by atoms with Crippen molar-refractivity contribution in [3.05, 3.63) is 30.1 Å². The molecule has 3 nitrogen and oxygen atoms in total. The monoisotopic (exact) mass is 214 g/mol. The Kier molecular flexibility index (Phi) is 6.33. The minimum atomic E-state index is -2.72. The smallest absolute Gasteiger partial charge is 0.531 e. The van der Waals surface area contributed by atoms with Gasteiger partial charge in [0.25, 0.3) is 0 Å². The molecule has 1 rings (SSSR count). The van der Waals surface area contributed by atoms with Crippen LogP contribution in [0.25, 0.3) is 0 Å². The molecule has 0 saturated heterocycles. The number of para-hydroxylation sites is 1. The molecule has 0 aliphatic carbocycles. The van der Waals surface area contributed by atoms with Crippen LogP contribution < -0.4 is 55.6 Å². The molecule has 0 unspecified atom stereocenters. The van der Waals surface area contributed by atoms with E-state index in [9.17, 15) is 12.8 Å². The van der Waals surface area contributed by atoms with Gasteiger partial charge in [0.2, 0.25) is 0 Å². The summed E-state index contributed by atoms with van der Waals surface area (Å²) in [5.74, 6) is -0.988. The van der Waals surface area contributed by atoms with Crippen molar-refractivity contribution < 1.29 is 68.4 Å². The van der Waals surface area contributed by atoms with E-state index in [0.29, 0.717) is 0 Å². The molecule has 0 aliphatic rings. The fraction of sp³-hybridized carbons (Fsp3) is 0. The second kappa shape index (κ2) is 6.06. The van der Waals surface area contributed by atoms with E-state index in [1.54, 1.807) is 0 Å². The Morgan fingerprint density at radius 3 is 2.33 bits per heavy atom. The molecule has 0 N–H and O–H groups in total. The molecule has 1 aromatic carbocycles. The minimum absolute atomic E-state index is 0. The first-order chi connectivity index (χ1) is 5.20. The summed E-state index contributed by atoms with van der Waals surface area (Å²) < 4.78 is 36.5. The van der Waals surface area contributed by atoms with Crippen molar-refractivity contribution in [2.24, 2.45) is 0 Å². The van der Waals surface area contributed by atoms with Gasteiger partial charge in [0.15, 0.2) is 5.82 Å². The Morgan fingerprint density at radius 1 is 1.25 bits per heavy atom. The molecule has 0 heterocycles. The minimum Gasteiger partial charge on any atom is -0.531 e. The average molecular weight is 214 g/mol. The zero-order valence-corrected chi connectivity index (χ0v) is 10.3. The molecule has 0 aliphatic heterocycles. The van der Waals surface area contributed by atoms with Crippen molar-refractivity contribution >= 4 is 11.0 Å². The van der Waals surface area contributed by atoms with Crippen LogP contribution in [0.2, 0.25) is 0 Å². The fourth-order valence-electron chi connectivity index (χ4n) is 0.586. The largest absolute Gasteiger partial charge is 1.00 e. The molecule has 60 valence electrons. The molecule has 0 radical (unpaired) electrons. The summed E-state index contributed by atoms with van der Waals surface area (Å²) in [6, 6.07) is 5.26. The van der Waals surface area contributed by atoms with Crippen LogP contribution in [-0.4, -0.2) is 0 Å². The summed E-state index contributed by atoms with van der Waals surface area (Å²) >= 11 is 0. The van der Waals surface area contributed by atoms with Crippen molar-refractivity contribution in [3.8, 4) is 5.75 Å². The zero-order valence-electron chi connectivity index (χ0n) is 6.32. The molecular weight excluding hydrogens is 210 g/mol. The predicted molar refractivity (Wildman–Crippen MR) is 35.8 cm³/mol. The van der Waals surface area contributed by atoms with E-state index in [-0.39, 0.29) is 57.1 Å². The Hall–Kier alpha value is 0.536. The van der Waals surface area contributed by atoms with E-state index >= 15 is 0 Å². The third-order valence-electron chi connectivity index (χ3n) is 0.994. The van der Waals surface area contributed by atoms with Gasteiger partial charge in [0.05, 0.1) is 0 Å². The van der Waals surface area contributed by atoms with Crippen LogP contribution in [0.15, 0.2) is 24.3 Å². The molecule has 0 bridgehead atoms. The van der Waals surface area contributed by atoms with E-state index in [4.69, 9.17) is 0 Å². The van der Waals surface area contributed by atoms with Crippen molar-refractivity contribution in [2.45, 2.75) is 0 Å².